The summed E-state index contributed by atoms with van der Waals surface area (Å²) in [6, 6.07) is 11.7. The summed E-state index contributed by atoms with van der Waals surface area (Å²) in [7, 11) is 0. The van der Waals surface area contributed by atoms with E-state index in [2.05, 4.69) is 55.8 Å². The monoisotopic (exact) mass is 585 g/mol. The van der Waals surface area contributed by atoms with Crippen molar-refractivity contribution in [3.63, 3.8) is 0 Å². The number of carbonyl (C=O) groups is 1. The van der Waals surface area contributed by atoms with Gasteiger partial charge >= 0.3 is 0 Å². The van der Waals surface area contributed by atoms with Crippen molar-refractivity contribution in [3.05, 3.63) is 57.9 Å². The second-order valence-corrected chi connectivity index (χ2v) is 13.9. The van der Waals surface area contributed by atoms with E-state index in [0.29, 0.717) is 40.4 Å². The Morgan fingerprint density at radius 1 is 1.05 bits per heavy atom. The highest BCUT2D eigenvalue weighted by Gasteiger charge is 2.67. The van der Waals surface area contributed by atoms with Gasteiger partial charge in [0.15, 0.2) is 0 Å². The summed E-state index contributed by atoms with van der Waals surface area (Å²) in [5.74, 6) is 7.90. The van der Waals surface area contributed by atoms with Crippen LogP contribution in [0.5, 0.6) is 5.75 Å². The van der Waals surface area contributed by atoms with Crippen molar-refractivity contribution in [2.24, 2.45) is 16.7 Å². The van der Waals surface area contributed by atoms with Crippen molar-refractivity contribution in [2.45, 2.75) is 78.1 Å². The number of pyridine rings is 1. The predicted octanol–water partition coefficient (Wildman–Crippen LogP) is 5.26. The number of nitrogens with zero attached hydrogens (tertiary/aromatic N) is 4. The van der Waals surface area contributed by atoms with Crippen molar-refractivity contribution in [2.75, 3.05) is 26.2 Å². The lowest BCUT2D eigenvalue weighted by Gasteiger charge is -2.65. The third-order valence-electron chi connectivity index (χ3n) is 9.94. The molecule has 0 atom stereocenters. The summed E-state index contributed by atoms with van der Waals surface area (Å²) in [5, 5.41) is 13.0. The highest BCUT2D eigenvalue weighted by Crippen LogP contribution is 2.59. The molecule has 1 aromatic heterocycles. The van der Waals surface area contributed by atoms with Crippen molar-refractivity contribution in [1.82, 2.24) is 20.1 Å². The molecule has 7 nitrogen and oxygen atoms in total. The van der Waals surface area contributed by atoms with Crippen LogP contribution in [0.1, 0.15) is 80.7 Å². The van der Waals surface area contributed by atoms with Crippen molar-refractivity contribution < 1.29 is 9.53 Å². The molecule has 2 aromatic rings. The second-order valence-electron chi connectivity index (χ2n) is 13.5. The van der Waals surface area contributed by atoms with Gasteiger partial charge in [-0.25, -0.2) is 4.98 Å². The smallest absolute Gasteiger partial charge is 0.256 e. The number of benzene rings is 1. The van der Waals surface area contributed by atoms with Gasteiger partial charge in [0.05, 0.1) is 28.4 Å². The van der Waals surface area contributed by atoms with Crippen LogP contribution in [-0.2, 0) is 6.54 Å². The fourth-order valence-corrected chi connectivity index (χ4v) is 8.52. The molecule has 2 aliphatic heterocycles. The predicted molar refractivity (Wildman–Crippen MR) is 163 cm³/mol. The zero-order valence-electron chi connectivity index (χ0n) is 25.0. The van der Waals surface area contributed by atoms with Crippen LogP contribution in [0.2, 0.25) is 5.02 Å². The van der Waals surface area contributed by atoms with E-state index in [4.69, 9.17) is 21.3 Å². The largest absolute Gasteiger partial charge is 0.489 e. The van der Waals surface area contributed by atoms with Crippen LogP contribution in [0.4, 0.5) is 0 Å². The van der Waals surface area contributed by atoms with Gasteiger partial charge in [-0.1, -0.05) is 45.2 Å². The zero-order valence-corrected chi connectivity index (χ0v) is 25.8. The van der Waals surface area contributed by atoms with Crippen LogP contribution in [-0.4, -0.2) is 65.1 Å². The summed E-state index contributed by atoms with van der Waals surface area (Å²) in [5.41, 5.74) is 2.03. The van der Waals surface area contributed by atoms with Crippen LogP contribution in [0, 0.1) is 39.9 Å². The average molecular weight is 586 g/mol. The molecule has 42 heavy (non-hydrogen) atoms. The van der Waals surface area contributed by atoms with E-state index in [-0.39, 0.29) is 28.9 Å². The van der Waals surface area contributed by atoms with Crippen molar-refractivity contribution >= 4 is 17.5 Å². The van der Waals surface area contributed by atoms with E-state index in [0.717, 1.165) is 50.4 Å². The van der Waals surface area contributed by atoms with Gasteiger partial charge in [0.25, 0.3) is 5.91 Å². The van der Waals surface area contributed by atoms with Gasteiger partial charge in [0, 0.05) is 61.1 Å². The van der Waals surface area contributed by atoms with E-state index >= 15 is 0 Å². The molecule has 0 bridgehead atoms. The number of aromatic nitrogens is 1. The Morgan fingerprint density at radius 2 is 1.76 bits per heavy atom. The van der Waals surface area contributed by atoms with Crippen LogP contribution in [0.25, 0.3) is 0 Å². The Labute approximate surface area is 254 Å². The number of ether oxygens (including phenoxy) is 1. The van der Waals surface area contributed by atoms with Crippen LogP contribution in [0.3, 0.4) is 0 Å². The summed E-state index contributed by atoms with van der Waals surface area (Å²) < 4.78 is 6.44. The molecule has 0 unspecified atom stereocenters. The molecule has 3 fully saturated rings. The molecule has 2 aliphatic carbocycles. The summed E-state index contributed by atoms with van der Waals surface area (Å²) >= 11 is 6.26. The average Bonchev–Trinajstić information content (AvgIpc) is 3.29. The number of carbonyl (C=O) groups excluding carboxylic acids is 1. The molecule has 1 aromatic carbocycles. The molecule has 3 heterocycles. The van der Waals surface area contributed by atoms with Gasteiger partial charge in [-0.2, -0.15) is 5.26 Å². The first-order valence-corrected chi connectivity index (χ1v) is 15.6. The van der Waals surface area contributed by atoms with Gasteiger partial charge in [0.2, 0.25) is 0 Å². The number of hydrogen-bond donors (Lipinski definition) is 1. The van der Waals surface area contributed by atoms with E-state index < -0.39 is 0 Å². The zero-order chi connectivity index (χ0) is 29.6. The normalized spacial score (nSPS) is 28.2. The van der Waals surface area contributed by atoms with Gasteiger partial charge in [-0.15, -0.1) is 0 Å². The number of halogens is 1. The molecule has 0 spiro atoms. The summed E-state index contributed by atoms with van der Waals surface area (Å²) in [6.07, 6.45) is 4.57. The summed E-state index contributed by atoms with van der Waals surface area (Å²) in [4.78, 5) is 23.1. The van der Waals surface area contributed by atoms with Gasteiger partial charge in [0.1, 0.15) is 23.6 Å². The highest BCUT2D eigenvalue weighted by molar-refractivity contribution is 6.31. The Balaban J connectivity index is 1.11. The van der Waals surface area contributed by atoms with E-state index in [1.165, 1.54) is 12.8 Å². The lowest BCUT2D eigenvalue weighted by Crippen LogP contribution is -2.74. The van der Waals surface area contributed by atoms with E-state index in [1.54, 1.807) is 18.2 Å². The molecule has 2 saturated carbocycles. The number of amides is 1. The van der Waals surface area contributed by atoms with Gasteiger partial charge in [-0.3, -0.25) is 9.69 Å². The number of piperazine rings is 1. The molecule has 4 aliphatic rings. The van der Waals surface area contributed by atoms with E-state index in [9.17, 15) is 10.1 Å². The van der Waals surface area contributed by atoms with Crippen LogP contribution < -0.4 is 10.1 Å². The fourth-order valence-electron chi connectivity index (χ4n) is 8.30. The SMILES string of the molecule is CC1(C)[C@H](Oc2ccc(C#N)c(Cl)c2)C(C)(C)[C@H]1N1Cc2nc(C#CC3CCC(N4CCNCC4)CC3)ccc2C1=O. The van der Waals surface area contributed by atoms with Crippen LogP contribution in [0.15, 0.2) is 30.3 Å². The van der Waals surface area contributed by atoms with Gasteiger partial charge in [-0.05, 0) is 55.9 Å². The Kier molecular flexibility index (Phi) is 7.73. The minimum absolute atomic E-state index is 0.0225. The Bertz CT molecular complexity index is 1450. The first-order valence-electron chi connectivity index (χ1n) is 15.2. The lowest BCUT2D eigenvalue weighted by atomic mass is 9.49. The molecule has 8 heteroatoms. The second kappa shape index (κ2) is 11.2. The number of nitriles is 1. The maximum atomic E-state index is 13.6. The first-order chi connectivity index (χ1) is 20.1. The van der Waals surface area contributed by atoms with Crippen molar-refractivity contribution in [1.29, 1.82) is 5.26 Å². The van der Waals surface area contributed by atoms with Crippen LogP contribution >= 0.6 is 11.6 Å². The number of nitrogens with one attached hydrogen (secondary N) is 1. The third-order valence-corrected chi connectivity index (χ3v) is 10.3. The number of rotatable bonds is 4. The third kappa shape index (κ3) is 5.17. The highest BCUT2D eigenvalue weighted by atomic mass is 35.5. The topological polar surface area (TPSA) is 81.5 Å². The minimum Gasteiger partial charge on any atom is -0.489 e. The number of fused-ring (bicyclic) bond motifs is 1. The fraction of sp³-hybridized carbons (Fsp3) is 0.559. The molecule has 1 N–H and O–H groups in total. The quantitative estimate of drug-likeness (QED) is 0.493. The molecular weight excluding hydrogens is 546 g/mol. The maximum absolute atomic E-state index is 13.6. The molecule has 220 valence electrons. The van der Waals surface area contributed by atoms with Crippen molar-refractivity contribution in [3.8, 4) is 23.7 Å². The molecule has 6 rings (SSSR count). The molecule has 0 radical (unpaired) electrons. The maximum Gasteiger partial charge on any atom is 0.256 e. The lowest BCUT2D eigenvalue weighted by molar-refractivity contribution is -0.199. The number of hydrogen-bond acceptors (Lipinski definition) is 6. The summed E-state index contributed by atoms with van der Waals surface area (Å²) in [6.45, 7) is 13.6. The Morgan fingerprint density at radius 3 is 2.43 bits per heavy atom. The Hall–Kier alpha value is -3.10. The standard InChI is InChI=1S/C34H40ClN5O2/c1-33(2)31(34(3,4)32(33)42-26-13-8-23(20-36)28(35)19-26)40-21-29-27(30(40)41)14-10-24(38-29)9-5-22-6-11-25(12-7-22)39-17-15-37-16-18-39/h8,10,13-14,19,22,25,31-32,37H,6-7,11-12,15-18,21H2,1-4H3/t22?,25?,31-,32-. The minimum atomic E-state index is -0.312. The van der Waals surface area contributed by atoms with E-state index in [1.807, 2.05) is 17.0 Å². The first kappa shape index (κ1) is 29.0. The van der Waals surface area contributed by atoms with Gasteiger partial charge < -0.3 is 15.0 Å². The molecule has 1 saturated heterocycles. The molecular formula is C34H40ClN5O2. The molecule has 1 amide bonds.